The van der Waals surface area contributed by atoms with Gasteiger partial charge >= 0.3 is 0 Å². The number of para-hydroxylation sites is 3. The first-order chi connectivity index (χ1) is 27.2. The van der Waals surface area contributed by atoms with E-state index in [1.165, 1.54) is 10.9 Å². The topological polar surface area (TPSA) is 67.4 Å². The van der Waals surface area contributed by atoms with E-state index in [-0.39, 0.29) is 0 Å². The van der Waals surface area contributed by atoms with Crippen molar-refractivity contribution in [1.29, 1.82) is 0 Å². The second-order valence-corrected chi connectivity index (χ2v) is 13.8. The van der Waals surface area contributed by atoms with Gasteiger partial charge in [0.1, 0.15) is 12.0 Å². The minimum atomic E-state index is -0.479. The van der Waals surface area contributed by atoms with Gasteiger partial charge in [-0.3, -0.25) is 4.99 Å². The van der Waals surface area contributed by atoms with Crippen LogP contribution in [0.4, 0.5) is 5.69 Å². The van der Waals surface area contributed by atoms with E-state index in [4.69, 9.17) is 10.7 Å². The monoisotopic (exact) mass is 711 g/mol. The van der Waals surface area contributed by atoms with Crippen molar-refractivity contribution >= 4 is 50.2 Å². The average Bonchev–Trinajstić information content (AvgIpc) is 3.30. The lowest BCUT2D eigenvalue weighted by molar-refractivity contribution is 0.679. The molecule has 1 unspecified atom stereocenters. The van der Waals surface area contributed by atoms with E-state index in [2.05, 4.69) is 173 Å². The lowest BCUT2D eigenvalue weighted by Crippen LogP contribution is -2.34. The molecule has 1 aliphatic rings. The van der Waals surface area contributed by atoms with Crippen LogP contribution in [0, 0.1) is 0 Å². The van der Waals surface area contributed by atoms with Gasteiger partial charge in [0.25, 0.3) is 0 Å². The fraction of sp³-hybridized carbons (Fsp3) is 0.0600. The van der Waals surface area contributed by atoms with Crippen LogP contribution in [0.5, 0.6) is 0 Å². The van der Waals surface area contributed by atoms with Gasteiger partial charge in [-0.25, -0.2) is 0 Å². The number of benzene rings is 7. The van der Waals surface area contributed by atoms with Crippen LogP contribution in [0.3, 0.4) is 0 Å². The van der Waals surface area contributed by atoms with Crippen molar-refractivity contribution in [3.63, 3.8) is 0 Å². The Morgan fingerprint density at radius 1 is 0.618 bits per heavy atom. The molecule has 1 aliphatic heterocycles. The van der Waals surface area contributed by atoms with Gasteiger partial charge in [0.05, 0.1) is 23.3 Å². The minimum absolute atomic E-state index is 0.479. The molecule has 5 nitrogen and oxygen atoms in total. The molecule has 0 amide bonds. The number of nitrogens with two attached hydrogens (primary N) is 1. The molecule has 0 saturated carbocycles. The van der Waals surface area contributed by atoms with E-state index in [9.17, 15) is 0 Å². The Morgan fingerprint density at radius 3 is 2.05 bits per heavy atom. The first-order valence-electron chi connectivity index (χ1n) is 18.8. The van der Waals surface area contributed by atoms with Crippen LogP contribution in [0.1, 0.15) is 28.4 Å². The van der Waals surface area contributed by atoms with Gasteiger partial charge in [-0.1, -0.05) is 158 Å². The van der Waals surface area contributed by atoms with Gasteiger partial charge in [0.2, 0.25) is 0 Å². The highest BCUT2D eigenvalue weighted by atomic mass is 15.1. The second-order valence-electron chi connectivity index (χ2n) is 13.8. The molecule has 1 aromatic heterocycles. The molecule has 5 heteroatoms. The van der Waals surface area contributed by atoms with Crippen molar-refractivity contribution < 1.29 is 0 Å². The molecule has 0 fully saturated rings. The van der Waals surface area contributed by atoms with Crippen LogP contribution in [-0.4, -0.2) is 16.9 Å². The van der Waals surface area contributed by atoms with Crippen LogP contribution in [0.25, 0.3) is 55.5 Å². The number of nitrogens with zero attached hydrogens (tertiary/aromatic N) is 2. The lowest BCUT2D eigenvalue weighted by Gasteiger charge is -2.19. The number of aliphatic imine (C=N–C) groups is 1. The highest BCUT2D eigenvalue weighted by molar-refractivity contribution is 6.13. The fourth-order valence-electron chi connectivity index (χ4n) is 7.64. The molecule has 266 valence electrons. The lowest BCUT2D eigenvalue weighted by atomic mass is 9.95. The summed E-state index contributed by atoms with van der Waals surface area (Å²) in [5.74, 6) is 0.762. The summed E-state index contributed by atoms with van der Waals surface area (Å²) >= 11 is 0. The zero-order valence-electron chi connectivity index (χ0n) is 30.4. The first kappa shape index (κ1) is 33.9. The third-order valence-corrected chi connectivity index (χ3v) is 10.3. The standard InChI is InChI=1S/C50H41N5/c51-49(54-50(36-18-6-2-7-19-36)53-34-35-16-4-1-5-17-35)39-21-14-20-37(32-39)38-29-30-41-43-26-15-31-52-48(43)44-25-11-13-28-47(44)55(40-22-8-3-9-23-40)46-27-12-10-24-42(46)45(41)33-38/h1-30,32-33,49,52H,31,34,51H2,(H,53,54). The molecule has 4 N–H and O–H groups in total. The first-order valence-corrected chi connectivity index (χ1v) is 18.8. The van der Waals surface area contributed by atoms with Crippen molar-refractivity contribution in [2.24, 2.45) is 10.7 Å². The summed E-state index contributed by atoms with van der Waals surface area (Å²) < 4.78 is 2.39. The number of rotatable bonds is 7. The molecule has 8 aromatic rings. The summed E-state index contributed by atoms with van der Waals surface area (Å²) in [4.78, 5) is 4.99. The van der Waals surface area contributed by atoms with E-state index in [1.54, 1.807) is 0 Å². The predicted octanol–water partition coefficient (Wildman–Crippen LogP) is 11.4. The maximum Gasteiger partial charge on any atom is 0.130 e. The Bertz CT molecular complexity index is 2770. The molecular weight excluding hydrogens is 671 g/mol. The van der Waals surface area contributed by atoms with E-state index in [1.807, 2.05) is 36.4 Å². The molecule has 0 spiro atoms. The third kappa shape index (κ3) is 6.85. The molecule has 2 heterocycles. The number of hydrogen-bond acceptors (Lipinski definition) is 3. The quantitative estimate of drug-likeness (QED) is 0.0876. The van der Waals surface area contributed by atoms with Crippen LogP contribution in [0.2, 0.25) is 0 Å². The summed E-state index contributed by atoms with van der Waals surface area (Å²) in [6.07, 6.45) is 4.01. The molecule has 0 bridgehead atoms. The van der Waals surface area contributed by atoms with Gasteiger partial charge in [-0.2, -0.15) is 0 Å². The third-order valence-electron chi connectivity index (χ3n) is 10.3. The molecule has 0 aliphatic carbocycles. The van der Waals surface area contributed by atoms with Gasteiger partial charge in [-0.05, 0) is 69.4 Å². The Labute approximate surface area is 321 Å². The number of hydrogen-bond donors (Lipinski definition) is 3. The molecule has 0 saturated heterocycles. The number of fused-ring (bicyclic) bond motifs is 7. The number of amidine groups is 1. The summed E-state index contributed by atoms with van der Waals surface area (Å²) in [5.41, 5.74) is 17.9. The Kier molecular flexibility index (Phi) is 9.35. The van der Waals surface area contributed by atoms with Crippen LogP contribution in [-0.2, 0) is 6.54 Å². The average molecular weight is 712 g/mol. The second kappa shape index (κ2) is 15.2. The summed E-state index contributed by atoms with van der Waals surface area (Å²) in [7, 11) is 0. The van der Waals surface area contributed by atoms with E-state index in [0.29, 0.717) is 6.54 Å². The van der Waals surface area contributed by atoms with Crippen LogP contribution < -0.4 is 16.4 Å². The summed E-state index contributed by atoms with van der Waals surface area (Å²) in [5, 5.41) is 12.0. The minimum Gasteiger partial charge on any atom is -0.381 e. The zero-order valence-corrected chi connectivity index (χ0v) is 30.4. The van der Waals surface area contributed by atoms with Crippen molar-refractivity contribution in [2.45, 2.75) is 12.7 Å². The van der Waals surface area contributed by atoms with Crippen LogP contribution >= 0.6 is 0 Å². The number of nitrogens with one attached hydrogen (secondary N) is 2. The zero-order chi connectivity index (χ0) is 37.0. The van der Waals surface area contributed by atoms with Gasteiger partial charge in [0.15, 0.2) is 0 Å². The summed E-state index contributed by atoms with van der Waals surface area (Å²) in [6, 6.07) is 64.0. The van der Waals surface area contributed by atoms with E-state index in [0.717, 1.165) is 78.8 Å². The molecule has 1 atom stereocenters. The summed E-state index contributed by atoms with van der Waals surface area (Å²) in [6.45, 7) is 1.32. The Morgan fingerprint density at radius 2 is 1.27 bits per heavy atom. The van der Waals surface area contributed by atoms with Crippen LogP contribution in [0.15, 0.2) is 193 Å². The highest BCUT2D eigenvalue weighted by Crippen LogP contribution is 2.38. The molecule has 55 heavy (non-hydrogen) atoms. The van der Waals surface area contributed by atoms with E-state index >= 15 is 0 Å². The normalized spacial score (nSPS) is 12.9. The van der Waals surface area contributed by atoms with Gasteiger partial charge in [0, 0.05) is 34.1 Å². The fourth-order valence-corrected chi connectivity index (χ4v) is 7.64. The Hall–Kier alpha value is -6.95. The predicted molar refractivity (Wildman–Crippen MR) is 232 cm³/mol. The molecular formula is C50H41N5. The van der Waals surface area contributed by atoms with Crippen molar-refractivity contribution in [3.05, 3.63) is 210 Å². The smallest absolute Gasteiger partial charge is 0.130 e. The maximum atomic E-state index is 6.95. The largest absolute Gasteiger partial charge is 0.381 e. The number of anilines is 1. The highest BCUT2D eigenvalue weighted by Gasteiger charge is 2.16. The SMILES string of the molecule is NC(N/C(=N\Cc1ccccc1)c1ccccc1)c1cccc(-c2ccc3c4c(c5ccccc5n(-c5ccccc5)c5ccccc5c3c2)NCC=C4)c1. The molecule has 0 radical (unpaired) electrons. The maximum absolute atomic E-state index is 6.95. The van der Waals surface area contributed by atoms with Crippen molar-refractivity contribution in [2.75, 3.05) is 11.9 Å². The number of aromatic nitrogens is 1. The molecule has 9 rings (SSSR count). The molecule has 7 aromatic carbocycles. The van der Waals surface area contributed by atoms with Crippen molar-refractivity contribution in [1.82, 2.24) is 9.88 Å². The van der Waals surface area contributed by atoms with Gasteiger partial charge < -0.3 is 20.9 Å². The van der Waals surface area contributed by atoms with Gasteiger partial charge in [-0.15, -0.1) is 0 Å². The van der Waals surface area contributed by atoms with Crippen molar-refractivity contribution in [3.8, 4) is 16.8 Å². The Balaban J connectivity index is 1.20. The van der Waals surface area contributed by atoms with E-state index < -0.39 is 6.17 Å².